The van der Waals surface area contributed by atoms with Gasteiger partial charge >= 0.3 is 0 Å². The van der Waals surface area contributed by atoms with Gasteiger partial charge in [0, 0.05) is 5.41 Å². The summed E-state index contributed by atoms with van der Waals surface area (Å²) in [4.78, 5) is 11.7. The number of hydrogen-bond donors (Lipinski definition) is 0. The molecule has 3 heteroatoms. The fourth-order valence-corrected chi connectivity index (χ4v) is 1.30. The molecule has 13 heavy (non-hydrogen) atoms. The number of rotatable bonds is 2. The fraction of sp³-hybridized carbons (Fsp3) is 0.500. The van der Waals surface area contributed by atoms with E-state index in [0.29, 0.717) is 5.76 Å². The summed E-state index contributed by atoms with van der Waals surface area (Å²) in [6.07, 6.45) is 1.92. The van der Waals surface area contributed by atoms with Crippen LogP contribution < -0.4 is 0 Å². The van der Waals surface area contributed by atoms with Crippen LogP contribution in [0.5, 0.6) is 0 Å². The van der Waals surface area contributed by atoms with Crippen molar-refractivity contribution in [3.05, 3.63) is 17.9 Å². The SMILES string of the molecule is CSc1ccc(C(=O)C(C)(C)C)o1. The molecule has 0 aliphatic carbocycles. The second-order valence-electron chi connectivity index (χ2n) is 3.90. The highest BCUT2D eigenvalue weighted by Crippen LogP contribution is 2.25. The lowest BCUT2D eigenvalue weighted by atomic mass is 9.89. The van der Waals surface area contributed by atoms with Gasteiger partial charge in [-0.3, -0.25) is 4.79 Å². The average Bonchev–Trinajstić information content (AvgIpc) is 2.48. The van der Waals surface area contributed by atoms with E-state index in [0.717, 1.165) is 5.09 Å². The molecule has 1 rings (SSSR count). The summed E-state index contributed by atoms with van der Waals surface area (Å²) in [5, 5.41) is 0.785. The molecular formula is C10H14O2S. The molecule has 0 saturated carbocycles. The van der Waals surface area contributed by atoms with Crippen LogP contribution in [0.1, 0.15) is 31.3 Å². The molecule has 0 radical (unpaired) electrons. The Morgan fingerprint density at radius 3 is 2.38 bits per heavy atom. The van der Waals surface area contributed by atoms with E-state index in [1.54, 1.807) is 6.07 Å². The van der Waals surface area contributed by atoms with Gasteiger partial charge in [0.05, 0.1) is 0 Å². The highest BCUT2D eigenvalue weighted by Gasteiger charge is 2.25. The molecular weight excluding hydrogens is 184 g/mol. The summed E-state index contributed by atoms with van der Waals surface area (Å²) in [5.41, 5.74) is -0.368. The first-order valence-corrected chi connectivity index (χ1v) is 5.36. The molecule has 0 fully saturated rings. The number of thioether (sulfide) groups is 1. The predicted molar refractivity (Wildman–Crippen MR) is 54.3 cm³/mol. The summed E-state index contributed by atoms with van der Waals surface area (Å²) < 4.78 is 5.33. The third-order valence-electron chi connectivity index (χ3n) is 1.69. The first kappa shape index (κ1) is 10.4. The standard InChI is InChI=1S/C10H14O2S/c1-10(2,3)9(11)7-5-6-8(12-7)13-4/h5-6H,1-4H3. The zero-order valence-electron chi connectivity index (χ0n) is 8.38. The van der Waals surface area contributed by atoms with Crippen molar-refractivity contribution in [1.29, 1.82) is 0 Å². The lowest BCUT2D eigenvalue weighted by molar-refractivity contribution is 0.0823. The summed E-state index contributed by atoms with van der Waals surface area (Å²) in [6.45, 7) is 5.66. The van der Waals surface area contributed by atoms with Crippen molar-refractivity contribution in [3.8, 4) is 0 Å². The van der Waals surface area contributed by atoms with Crippen LogP contribution >= 0.6 is 11.8 Å². The van der Waals surface area contributed by atoms with Crippen LogP contribution in [0.3, 0.4) is 0 Å². The van der Waals surface area contributed by atoms with Gasteiger partial charge < -0.3 is 4.42 Å². The van der Waals surface area contributed by atoms with Gasteiger partial charge in [-0.25, -0.2) is 0 Å². The number of carbonyl (C=O) groups is 1. The molecule has 72 valence electrons. The van der Waals surface area contributed by atoms with E-state index in [9.17, 15) is 4.79 Å². The van der Waals surface area contributed by atoms with Gasteiger partial charge in [-0.1, -0.05) is 32.5 Å². The minimum Gasteiger partial charge on any atom is -0.447 e. The number of carbonyl (C=O) groups excluding carboxylic acids is 1. The van der Waals surface area contributed by atoms with Gasteiger partial charge in [-0.15, -0.1) is 0 Å². The number of ketones is 1. The highest BCUT2D eigenvalue weighted by molar-refractivity contribution is 7.98. The maximum Gasteiger partial charge on any atom is 0.203 e. The van der Waals surface area contributed by atoms with E-state index in [4.69, 9.17) is 4.42 Å². The Bertz CT molecular complexity index is 307. The van der Waals surface area contributed by atoms with Gasteiger partial charge in [0.2, 0.25) is 5.78 Å². The molecule has 1 heterocycles. The largest absolute Gasteiger partial charge is 0.447 e. The predicted octanol–water partition coefficient (Wildman–Crippen LogP) is 3.23. The first-order chi connectivity index (χ1) is 5.95. The molecule has 0 bridgehead atoms. The summed E-state index contributed by atoms with van der Waals surface area (Å²) in [6, 6.07) is 3.56. The van der Waals surface area contributed by atoms with Gasteiger partial charge in [-0.2, -0.15) is 0 Å². The second kappa shape index (κ2) is 3.58. The van der Waals surface area contributed by atoms with E-state index < -0.39 is 0 Å². The van der Waals surface area contributed by atoms with Crippen LogP contribution in [0.15, 0.2) is 21.6 Å². The molecule has 0 aromatic carbocycles. The first-order valence-electron chi connectivity index (χ1n) is 4.14. The van der Waals surface area contributed by atoms with E-state index in [1.807, 2.05) is 33.1 Å². The lowest BCUT2D eigenvalue weighted by Crippen LogP contribution is -2.19. The third-order valence-corrected chi connectivity index (χ3v) is 2.31. The molecule has 0 unspecified atom stereocenters. The van der Waals surface area contributed by atoms with Crippen molar-refractivity contribution in [1.82, 2.24) is 0 Å². The van der Waals surface area contributed by atoms with E-state index in [-0.39, 0.29) is 11.2 Å². The van der Waals surface area contributed by atoms with Crippen LogP contribution in [0.25, 0.3) is 0 Å². The Hall–Kier alpha value is -0.700. The number of Topliss-reactive ketones (excluding diaryl/α,β-unsaturated/α-hetero) is 1. The molecule has 0 atom stereocenters. The quantitative estimate of drug-likeness (QED) is 0.540. The lowest BCUT2D eigenvalue weighted by Gasteiger charge is -2.13. The summed E-state index contributed by atoms with van der Waals surface area (Å²) >= 11 is 1.50. The average molecular weight is 198 g/mol. The van der Waals surface area contributed by atoms with Crippen LogP contribution in [0, 0.1) is 5.41 Å². The molecule has 0 N–H and O–H groups in total. The minimum absolute atomic E-state index is 0.0489. The smallest absolute Gasteiger partial charge is 0.203 e. The van der Waals surface area contributed by atoms with E-state index in [2.05, 4.69) is 0 Å². The Morgan fingerprint density at radius 2 is 2.00 bits per heavy atom. The maximum absolute atomic E-state index is 11.7. The Morgan fingerprint density at radius 1 is 1.38 bits per heavy atom. The van der Waals surface area contributed by atoms with Crippen molar-refractivity contribution in [3.63, 3.8) is 0 Å². The molecule has 2 nitrogen and oxygen atoms in total. The second-order valence-corrected chi connectivity index (χ2v) is 4.71. The Labute approximate surface area is 82.7 Å². The molecule has 1 aromatic heterocycles. The van der Waals surface area contributed by atoms with Gasteiger partial charge in [0.1, 0.15) is 0 Å². The van der Waals surface area contributed by atoms with Crippen molar-refractivity contribution in [2.75, 3.05) is 6.26 Å². The fourth-order valence-electron chi connectivity index (χ4n) is 0.921. The monoisotopic (exact) mass is 198 g/mol. The molecule has 0 saturated heterocycles. The third kappa shape index (κ3) is 2.37. The molecule has 0 amide bonds. The topological polar surface area (TPSA) is 30.2 Å². The summed E-state index contributed by atoms with van der Waals surface area (Å²) in [5.74, 6) is 0.504. The van der Waals surface area contributed by atoms with Crippen molar-refractivity contribution >= 4 is 17.5 Å². The number of hydrogen-bond acceptors (Lipinski definition) is 3. The highest BCUT2D eigenvalue weighted by atomic mass is 32.2. The zero-order valence-corrected chi connectivity index (χ0v) is 9.20. The van der Waals surface area contributed by atoms with Crippen molar-refractivity contribution in [2.24, 2.45) is 5.41 Å². The van der Waals surface area contributed by atoms with Crippen molar-refractivity contribution in [2.45, 2.75) is 25.9 Å². The molecule has 0 spiro atoms. The van der Waals surface area contributed by atoms with Crippen LogP contribution in [0.4, 0.5) is 0 Å². The van der Waals surface area contributed by atoms with Crippen LogP contribution in [-0.2, 0) is 0 Å². The van der Waals surface area contributed by atoms with Crippen LogP contribution in [-0.4, -0.2) is 12.0 Å². The summed E-state index contributed by atoms with van der Waals surface area (Å²) in [7, 11) is 0. The Kier molecular flexibility index (Phi) is 2.86. The van der Waals surface area contributed by atoms with Gasteiger partial charge in [-0.05, 0) is 18.4 Å². The van der Waals surface area contributed by atoms with Crippen LogP contribution in [0.2, 0.25) is 0 Å². The normalized spacial score (nSPS) is 11.7. The van der Waals surface area contributed by atoms with E-state index >= 15 is 0 Å². The van der Waals surface area contributed by atoms with Gasteiger partial charge in [0.15, 0.2) is 10.9 Å². The molecule has 0 aliphatic rings. The number of furan rings is 1. The van der Waals surface area contributed by atoms with Crippen molar-refractivity contribution < 1.29 is 9.21 Å². The van der Waals surface area contributed by atoms with E-state index in [1.165, 1.54) is 11.8 Å². The maximum atomic E-state index is 11.7. The zero-order chi connectivity index (χ0) is 10.1. The van der Waals surface area contributed by atoms with Gasteiger partial charge in [0.25, 0.3) is 0 Å². The molecule has 0 aliphatic heterocycles. The minimum atomic E-state index is -0.368. The Balaban J connectivity index is 2.90. The molecule has 1 aromatic rings.